The monoisotopic (exact) mass is 311 g/mol. The van der Waals surface area contributed by atoms with Crippen LogP contribution in [0.2, 0.25) is 0 Å². The predicted octanol–water partition coefficient (Wildman–Crippen LogP) is 2.17. The molecule has 122 valence electrons. The van der Waals surface area contributed by atoms with E-state index in [2.05, 4.69) is 48.8 Å². The fourth-order valence-corrected chi connectivity index (χ4v) is 6.26. The number of hydrogen-bond donors (Lipinski definition) is 0. The molecule has 4 nitrogen and oxygen atoms in total. The lowest BCUT2D eigenvalue weighted by Gasteiger charge is -2.69. The molecule has 0 N–H and O–H groups in total. The molecule has 0 saturated carbocycles. The van der Waals surface area contributed by atoms with Gasteiger partial charge < -0.3 is 4.90 Å². The molecule has 4 saturated heterocycles. The van der Waals surface area contributed by atoms with Crippen LogP contribution in [0.5, 0.6) is 0 Å². The molecule has 5 aliphatic heterocycles. The highest BCUT2D eigenvalue weighted by Crippen LogP contribution is 2.59. The second-order valence-electron chi connectivity index (χ2n) is 9.07. The van der Waals surface area contributed by atoms with Crippen LogP contribution < -0.4 is 4.90 Å². The van der Waals surface area contributed by atoms with Crippen LogP contribution in [0.15, 0.2) is 18.2 Å². The molecule has 0 unspecified atom stereocenters. The highest BCUT2D eigenvalue weighted by atomic mass is 16.2. The van der Waals surface area contributed by atoms with Crippen LogP contribution in [-0.4, -0.2) is 48.9 Å². The Morgan fingerprint density at radius 3 is 2.13 bits per heavy atom. The normalized spacial score (nSPS) is 46.8. The summed E-state index contributed by atoms with van der Waals surface area (Å²) in [5.74, 6) is 0.240. The van der Waals surface area contributed by atoms with Crippen LogP contribution >= 0.6 is 0 Å². The van der Waals surface area contributed by atoms with Crippen LogP contribution in [0, 0.1) is 17.8 Å². The summed E-state index contributed by atoms with van der Waals surface area (Å²) in [6, 6.07) is 6.47. The van der Waals surface area contributed by atoms with E-state index < -0.39 is 5.66 Å². The molecule has 23 heavy (non-hydrogen) atoms. The number of rotatable bonds is 0. The Hall–Kier alpha value is -1.39. The molecule has 5 heterocycles. The van der Waals surface area contributed by atoms with E-state index in [-0.39, 0.29) is 5.91 Å². The SMILES string of the molecule is Cc1ccc2c(c1)C1(C(=O)N2C)N2CC3(C)CN1CC(C)(C2)C3. The van der Waals surface area contributed by atoms with E-state index in [1.807, 2.05) is 11.9 Å². The molecule has 1 aromatic rings. The van der Waals surface area contributed by atoms with E-state index in [1.54, 1.807) is 0 Å². The van der Waals surface area contributed by atoms with Gasteiger partial charge in [0.25, 0.3) is 5.91 Å². The Morgan fingerprint density at radius 2 is 1.57 bits per heavy atom. The number of hydrogen-bond acceptors (Lipinski definition) is 3. The minimum absolute atomic E-state index is 0.240. The molecule has 0 aromatic heterocycles. The zero-order valence-corrected chi connectivity index (χ0v) is 14.5. The van der Waals surface area contributed by atoms with Crippen LogP contribution in [0.3, 0.4) is 0 Å². The van der Waals surface area contributed by atoms with Gasteiger partial charge in [-0.15, -0.1) is 0 Å². The summed E-state index contributed by atoms with van der Waals surface area (Å²) in [5.41, 5.74) is 3.62. The molecule has 0 aliphatic carbocycles. The van der Waals surface area contributed by atoms with Gasteiger partial charge in [0, 0.05) is 38.8 Å². The first-order valence-electron chi connectivity index (χ1n) is 8.67. The molecule has 4 heteroatoms. The predicted molar refractivity (Wildman–Crippen MR) is 90.2 cm³/mol. The van der Waals surface area contributed by atoms with E-state index in [4.69, 9.17) is 0 Å². The number of anilines is 1. The van der Waals surface area contributed by atoms with Crippen molar-refractivity contribution in [2.45, 2.75) is 32.9 Å². The number of likely N-dealkylation sites (N-methyl/N-ethyl adjacent to an activating group) is 1. The van der Waals surface area contributed by atoms with Crippen molar-refractivity contribution in [3.05, 3.63) is 29.3 Å². The Bertz CT molecular complexity index is 704. The molecular weight excluding hydrogens is 286 g/mol. The zero-order valence-electron chi connectivity index (χ0n) is 14.5. The van der Waals surface area contributed by atoms with E-state index >= 15 is 0 Å². The van der Waals surface area contributed by atoms with Crippen molar-refractivity contribution in [3.63, 3.8) is 0 Å². The summed E-state index contributed by atoms with van der Waals surface area (Å²) < 4.78 is 0. The third-order valence-electron chi connectivity index (χ3n) is 6.55. The number of aryl methyl sites for hydroxylation is 1. The maximum atomic E-state index is 13.4. The van der Waals surface area contributed by atoms with E-state index in [9.17, 15) is 4.79 Å². The standard InChI is InChI=1S/C19H25N3O/c1-13-5-6-15-14(7-13)19(16(23)20(15)4)21-9-17(2)8-18(3,11-21)12-22(19)10-17/h5-7H,8-12H2,1-4H3. The van der Waals surface area contributed by atoms with Crippen molar-refractivity contribution in [1.82, 2.24) is 9.80 Å². The first-order chi connectivity index (χ1) is 10.8. The average molecular weight is 311 g/mol. The molecule has 1 spiro atoms. The molecule has 1 aromatic carbocycles. The second-order valence-corrected chi connectivity index (χ2v) is 9.07. The van der Waals surface area contributed by atoms with Gasteiger partial charge in [0.15, 0.2) is 5.66 Å². The maximum absolute atomic E-state index is 13.4. The van der Waals surface area contributed by atoms with Gasteiger partial charge in [-0.1, -0.05) is 31.5 Å². The Morgan fingerprint density at radius 1 is 1.00 bits per heavy atom. The summed E-state index contributed by atoms with van der Waals surface area (Å²) in [6.45, 7) is 11.1. The van der Waals surface area contributed by atoms with Crippen molar-refractivity contribution in [3.8, 4) is 0 Å². The number of carbonyl (C=O) groups excluding carboxylic acids is 1. The molecule has 4 fully saturated rings. The van der Waals surface area contributed by atoms with Crippen LogP contribution in [-0.2, 0) is 10.5 Å². The van der Waals surface area contributed by atoms with E-state index in [0.717, 1.165) is 31.9 Å². The van der Waals surface area contributed by atoms with Gasteiger partial charge >= 0.3 is 0 Å². The summed E-state index contributed by atoms with van der Waals surface area (Å²) in [5, 5.41) is 0. The molecule has 0 radical (unpaired) electrons. The number of nitrogens with zero attached hydrogens (tertiary/aromatic N) is 3. The Balaban J connectivity index is 1.75. The number of fused-ring (bicyclic) bond motifs is 1. The molecule has 6 rings (SSSR count). The lowest BCUT2D eigenvalue weighted by Crippen LogP contribution is -2.80. The van der Waals surface area contributed by atoms with Gasteiger partial charge in [0.1, 0.15) is 0 Å². The highest BCUT2D eigenvalue weighted by Gasteiger charge is 2.68. The van der Waals surface area contributed by atoms with Gasteiger partial charge in [-0.3, -0.25) is 14.6 Å². The van der Waals surface area contributed by atoms with Gasteiger partial charge in [0.05, 0.1) is 5.69 Å². The lowest BCUT2D eigenvalue weighted by molar-refractivity contribution is -0.238. The number of piperidine rings is 2. The van der Waals surface area contributed by atoms with E-state index in [0.29, 0.717) is 10.8 Å². The van der Waals surface area contributed by atoms with E-state index in [1.165, 1.54) is 17.5 Å². The maximum Gasteiger partial charge on any atom is 0.267 e. The van der Waals surface area contributed by atoms with Crippen molar-refractivity contribution in [1.29, 1.82) is 0 Å². The Kier molecular flexibility index (Phi) is 2.32. The molecule has 0 atom stereocenters. The van der Waals surface area contributed by atoms with Crippen LogP contribution in [0.25, 0.3) is 0 Å². The number of amides is 1. The quantitative estimate of drug-likeness (QED) is 0.735. The van der Waals surface area contributed by atoms with Gasteiger partial charge in [0.2, 0.25) is 0 Å². The minimum atomic E-state index is -0.546. The zero-order chi connectivity index (χ0) is 16.2. The molecule has 5 aliphatic rings. The van der Waals surface area contributed by atoms with Gasteiger partial charge in [-0.25, -0.2) is 0 Å². The van der Waals surface area contributed by atoms with Gasteiger partial charge in [-0.2, -0.15) is 0 Å². The van der Waals surface area contributed by atoms with Crippen molar-refractivity contribution >= 4 is 11.6 Å². The number of benzene rings is 1. The fraction of sp³-hybridized carbons (Fsp3) is 0.632. The largest absolute Gasteiger partial charge is 0.312 e. The summed E-state index contributed by atoms with van der Waals surface area (Å²) in [6.07, 6.45) is 1.29. The third-order valence-corrected chi connectivity index (χ3v) is 6.55. The van der Waals surface area contributed by atoms with Crippen molar-refractivity contribution in [2.75, 3.05) is 38.1 Å². The summed E-state index contributed by atoms with van der Waals surface area (Å²) in [4.78, 5) is 20.3. The first kappa shape index (κ1) is 14.0. The smallest absolute Gasteiger partial charge is 0.267 e. The van der Waals surface area contributed by atoms with Crippen molar-refractivity contribution < 1.29 is 4.79 Å². The molecule has 1 amide bonds. The van der Waals surface area contributed by atoms with Crippen LogP contribution in [0.4, 0.5) is 5.69 Å². The topological polar surface area (TPSA) is 26.8 Å². The second kappa shape index (κ2) is 3.81. The first-order valence-corrected chi connectivity index (χ1v) is 8.67. The fourth-order valence-electron chi connectivity index (χ4n) is 6.26. The summed E-state index contributed by atoms with van der Waals surface area (Å²) >= 11 is 0. The average Bonchev–Trinajstić information content (AvgIpc) is 2.64. The molecule has 4 bridgehead atoms. The number of carbonyl (C=O) groups is 1. The Labute approximate surface area is 138 Å². The molecular formula is C19H25N3O. The van der Waals surface area contributed by atoms with Crippen LogP contribution in [0.1, 0.15) is 31.4 Å². The van der Waals surface area contributed by atoms with Crippen molar-refractivity contribution in [2.24, 2.45) is 10.8 Å². The minimum Gasteiger partial charge on any atom is -0.312 e. The summed E-state index contributed by atoms with van der Waals surface area (Å²) in [7, 11) is 1.93. The highest BCUT2D eigenvalue weighted by molar-refractivity contribution is 6.07. The lowest BCUT2D eigenvalue weighted by atomic mass is 9.61. The third kappa shape index (κ3) is 1.47. The van der Waals surface area contributed by atoms with Gasteiger partial charge in [-0.05, 0) is 30.2 Å².